The SMILES string of the molecule is Cc1ccc(S(=O)(=O)N2CCN(S(=O)(=O)c3ccc(C)cc3)C(Cc3ccc([N+](=O)[O-])cc3)CN(S(=O)(=O)c3ccc(C)cc3)Cc3cccc(n3)C2)cc1. The molecule has 6 rings (SSSR count). The van der Waals surface area contributed by atoms with Crippen LogP contribution in [0.2, 0.25) is 0 Å². The molecule has 0 spiro atoms. The van der Waals surface area contributed by atoms with Crippen molar-refractivity contribution in [3.05, 3.63) is 159 Å². The maximum atomic E-state index is 14.8. The molecule has 0 N–H and O–H groups in total. The number of nitro groups is 1. The van der Waals surface area contributed by atoms with Gasteiger partial charge in [-0.05, 0) is 81.3 Å². The minimum absolute atomic E-state index is 0.00116. The highest BCUT2D eigenvalue weighted by atomic mass is 32.2. The lowest BCUT2D eigenvalue weighted by Gasteiger charge is -2.36. The fourth-order valence-electron chi connectivity index (χ4n) is 6.39. The molecule has 1 unspecified atom stereocenters. The first-order valence-electron chi connectivity index (χ1n) is 17.4. The van der Waals surface area contributed by atoms with Crippen LogP contribution in [0.25, 0.3) is 0 Å². The number of fused-ring (bicyclic) bond motifs is 2. The highest BCUT2D eigenvalue weighted by Gasteiger charge is 2.38. The van der Waals surface area contributed by atoms with Gasteiger partial charge in [-0.25, -0.2) is 25.3 Å². The van der Waals surface area contributed by atoms with Gasteiger partial charge in [-0.1, -0.05) is 71.3 Å². The van der Waals surface area contributed by atoms with Gasteiger partial charge in [-0.15, -0.1) is 0 Å². The molecule has 1 aliphatic heterocycles. The Hall–Kier alpha value is -4.84. The molecule has 0 saturated carbocycles. The van der Waals surface area contributed by atoms with Crippen molar-refractivity contribution >= 4 is 35.8 Å². The van der Waals surface area contributed by atoms with Crippen molar-refractivity contribution < 1.29 is 30.2 Å². The second-order valence-electron chi connectivity index (χ2n) is 13.6. The van der Waals surface area contributed by atoms with Gasteiger partial charge >= 0.3 is 0 Å². The second-order valence-corrected chi connectivity index (χ2v) is 19.4. The van der Waals surface area contributed by atoms with Crippen LogP contribution in [0.15, 0.2) is 130 Å². The topological polar surface area (TPSA) is 168 Å². The Balaban J connectivity index is 1.55. The zero-order chi connectivity index (χ0) is 39.5. The molecule has 5 aromatic rings. The van der Waals surface area contributed by atoms with Gasteiger partial charge in [0.25, 0.3) is 5.69 Å². The summed E-state index contributed by atoms with van der Waals surface area (Å²) < 4.78 is 90.8. The van der Waals surface area contributed by atoms with Gasteiger partial charge in [-0.2, -0.15) is 12.9 Å². The average molecular weight is 804 g/mol. The number of benzene rings is 4. The third-order valence-electron chi connectivity index (χ3n) is 9.50. The number of pyridine rings is 1. The van der Waals surface area contributed by atoms with E-state index in [0.29, 0.717) is 17.0 Å². The smallest absolute Gasteiger partial charge is 0.258 e. The van der Waals surface area contributed by atoms with Crippen molar-refractivity contribution in [2.75, 3.05) is 19.6 Å². The van der Waals surface area contributed by atoms with Crippen LogP contribution in [-0.2, 0) is 49.6 Å². The molecule has 1 aromatic heterocycles. The summed E-state index contributed by atoms with van der Waals surface area (Å²) in [7, 11) is -12.9. The van der Waals surface area contributed by atoms with Crippen molar-refractivity contribution in [2.45, 2.75) is 61.0 Å². The minimum atomic E-state index is -4.43. The zero-order valence-corrected chi connectivity index (χ0v) is 33.0. The van der Waals surface area contributed by atoms with Gasteiger partial charge in [0.05, 0.1) is 44.1 Å². The predicted molar refractivity (Wildman–Crippen MR) is 207 cm³/mol. The number of aromatic nitrogens is 1. The fraction of sp³-hybridized carbons (Fsp3) is 0.256. The number of non-ortho nitro benzene ring substituents is 1. The van der Waals surface area contributed by atoms with Crippen molar-refractivity contribution in [3.63, 3.8) is 0 Å². The first-order valence-corrected chi connectivity index (χ1v) is 21.8. The Labute approximate surface area is 322 Å². The van der Waals surface area contributed by atoms with Crippen LogP contribution in [0.1, 0.15) is 33.6 Å². The summed E-state index contributed by atoms with van der Waals surface area (Å²) in [5.74, 6) is 0. The van der Waals surface area contributed by atoms with Gasteiger partial charge in [0.2, 0.25) is 30.1 Å². The van der Waals surface area contributed by atoms with E-state index in [0.717, 1.165) is 21.0 Å². The Kier molecular flexibility index (Phi) is 11.7. The molecule has 1 atom stereocenters. The lowest BCUT2D eigenvalue weighted by atomic mass is 10.1. The van der Waals surface area contributed by atoms with Gasteiger partial charge in [0.15, 0.2) is 0 Å². The molecule has 2 heterocycles. The fourth-order valence-corrected chi connectivity index (χ4v) is 10.8. The lowest BCUT2D eigenvalue weighted by molar-refractivity contribution is -0.384. The van der Waals surface area contributed by atoms with Crippen LogP contribution in [0.5, 0.6) is 0 Å². The number of nitrogens with zero attached hydrogens (tertiary/aromatic N) is 5. The Morgan fingerprint density at radius 1 is 0.600 bits per heavy atom. The van der Waals surface area contributed by atoms with Crippen LogP contribution in [0.3, 0.4) is 0 Å². The standard InChI is InChI=1S/C39H41N5O8S3/c1-29-7-17-37(18-8-29)53(47,48)41-23-24-43(55(51,52)39-21-11-31(3)12-22-39)36(25-32-13-15-35(16-14-32)44(45)46)28-42(27-34-6-4-5-33(26-41)40-34)54(49,50)38-19-9-30(2)10-20-38/h4-22,36H,23-28H2,1-3H3. The van der Waals surface area contributed by atoms with Gasteiger partial charge < -0.3 is 0 Å². The van der Waals surface area contributed by atoms with Gasteiger partial charge in [0, 0.05) is 37.8 Å². The zero-order valence-electron chi connectivity index (χ0n) is 30.5. The first-order chi connectivity index (χ1) is 26.0. The van der Waals surface area contributed by atoms with E-state index in [1.165, 1.54) is 69.3 Å². The molecular weight excluding hydrogens is 763 g/mol. The molecule has 2 bridgehead atoms. The summed E-state index contributed by atoms with van der Waals surface area (Å²) in [6.07, 6.45) is -0.0683. The molecule has 1 aliphatic rings. The summed E-state index contributed by atoms with van der Waals surface area (Å²) >= 11 is 0. The average Bonchev–Trinajstić information content (AvgIpc) is 3.14. The van der Waals surface area contributed by atoms with Crippen molar-refractivity contribution in [1.29, 1.82) is 0 Å². The molecule has 4 aromatic carbocycles. The molecule has 288 valence electrons. The molecule has 0 radical (unpaired) electrons. The van der Waals surface area contributed by atoms with E-state index in [2.05, 4.69) is 0 Å². The van der Waals surface area contributed by atoms with E-state index in [-0.39, 0.29) is 59.5 Å². The molecule has 16 heteroatoms. The van der Waals surface area contributed by atoms with Crippen LogP contribution in [-0.4, -0.2) is 73.8 Å². The maximum Gasteiger partial charge on any atom is 0.269 e. The first kappa shape index (κ1) is 39.8. The summed E-state index contributed by atoms with van der Waals surface area (Å²) in [6.45, 7) is 3.96. The van der Waals surface area contributed by atoms with Gasteiger partial charge in [-0.3, -0.25) is 15.1 Å². The quantitative estimate of drug-likeness (QED) is 0.136. The van der Waals surface area contributed by atoms with Gasteiger partial charge in [0.1, 0.15) is 0 Å². The van der Waals surface area contributed by atoms with Crippen molar-refractivity contribution in [2.24, 2.45) is 0 Å². The summed E-state index contributed by atoms with van der Waals surface area (Å²) in [5.41, 5.74) is 3.52. The number of rotatable bonds is 9. The molecule has 0 saturated heterocycles. The Morgan fingerprint density at radius 2 is 1.04 bits per heavy atom. The summed E-state index contributed by atoms with van der Waals surface area (Å²) in [4.78, 5) is 15.6. The molecular formula is C39H41N5O8S3. The molecule has 55 heavy (non-hydrogen) atoms. The monoisotopic (exact) mass is 803 g/mol. The third-order valence-corrected chi connectivity index (χ3v) is 15.1. The van der Waals surface area contributed by atoms with Crippen LogP contribution >= 0.6 is 0 Å². The molecule has 0 aliphatic carbocycles. The summed E-state index contributed by atoms with van der Waals surface area (Å²) in [5, 5.41) is 11.5. The number of sulfonamides is 3. The highest BCUT2D eigenvalue weighted by Crippen LogP contribution is 2.28. The van der Waals surface area contributed by atoms with Crippen LogP contribution in [0, 0.1) is 30.9 Å². The maximum absolute atomic E-state index is 14.8. The van der Waals surface area contributed by atoms with Crippen LogP contribution < -0.4 is 0 Å². The largest absolute Gasteiger partial charge is 0.269 e. The number of nitro benzene ring substituents is 1. The van der Waals surface area contributed by atoms with Crippen molar-refractivity contribution in [1.82, 2.24) is 17.9 Å². The number of aryl methyl sites for hydroxylation is 3. The molecule has 0 amide bonds. The van der Waals surface area contributed by atoms with E-state index in [1.54, 1.807) is 54.6 Å². The lowest BCUT2D eigenvalue weighted by Crippen LogP contribution is -2.52. The molecule has 13 nitrogen and oxygen atoms in total. The Morgan fingerprint density at radius 3 is 1.51 bits per heavy atom. The third kappa shape index (κ3) is 9.01. The van der Waals surface area contributed by atoms with E-state index in [4.69, 9.17) is 4.98 Å². The van der Waals surface area contributed by atoms with E-state index >= 15 is 0 Å². The van der Waals surface area contributed by atoms with E-state index in [1.807, 2.05) is 20.8 Å². The highest BCUT2D eigenvalue weighted by molar-refractivity contribution is 7.89. The van der Waals surface area contributed by atoms with E-state index in [9.17, 15) is 35.4 Å². The molecule has 0 fully saturated rings. The summed E-state index contributed by atoms with van der Waals surface area (Å²) in [6, 6.07) is 28.3. The van der Waals surface area contributed by atoms with Crippen LogP contribution in [0.4, 0.5) is 5.69 Å². The number of hydrogen-bond donors (Lipinski definition) is 0. The second kappa shape index (κ2) is 16.1. The number of hydrogen-bond acceptors (Lipinski definition) is 9. The van der Waals surface area contributed by atoms with Crippen molar-refractivity contribution in [3.8, 4) is 0 Å². The Bertz CT molecular complexity index is 2500. The predicted octanol–water partition coefficient (Wildman–Crippen LogP) is 5.61. The van der Waals surface area contributed by atoms with E-state index < -0.39 is 41.0 Å². The minimum Gasteiger partial charge on any atom is -0.258 e. The normalized spacial score (nSPS) is 16.9.